The van der Waals surface area contributed by atoms with Crippen LogP contribution in [0.1, 0.15) is 6.42 Å². The molecule has 1 fully saturated rings. The van der Waals surface area contributed by atoms with E-state index in [2.05, 4.69) is 5.32 Å². The molecule has 76 valence electrons. The van der Waals surface area contributed by atoms with Crippen molar-refractivity contribution in [1.82, 2.24) is 10.2 Å². The Kier molecular flexibility index (Phi) is 2.85. The van der Waals surface area contributed by atoms with E-state index in [9.17, 15) is 13.6 Å². The summed E-state index contributed by atoms with van der Waals surface area (Å²) in [6.45, 7) is 0.221. The summed E-state index contributed by atoms with van der Waals surface area (Å²) in [6.07, 6.45) is 0.225. The molecule has 1 heterocycles. The molecule has 0 aromatic heterocycles. The second-order valence-corrected chi connectivity index (χ2v) is 3.45. The van der Waals surface area contributed by atoms with Gasteiger partial charge in [0.25, 0.3) is 5.92 Å². The van der Waals surface area contributed by atoms with Crippen molar-refractivity contribution >= 4 is 5.91 Å². The van der Waals surface area contributed by atoms with Crippen molar-refractivity contribution in [2.24, 2.45) is 5.92 Å². The number of carbonyl (C=O) groups is 1. The zero-order valence-electron chi connectivity index (χ0n) is 7.81. The molecule has 0 radical (unpaired) electrons. The monoisotopic (exact) mass is 192 g/mol. The molecule has 5 heteroatoms. The number of hydrogen-bond acceptors (Lipinski definition) is 2. The first-order valence-electron chi connectivity index (χ1n) is 4.25. The van der Waals surface area contributed by atoms with Crippen LogP contribution in [0.15, 0.2) is 0 Å². The van der Waals surface area contributed by atoms with Crippen LogP contribution in [-0.2, 0) is 4.79 Å². The molecule has 1 amide bonds. The predicted octanol–water partition coefficient (Wildman–Crippen LogP) is 0.319. The van der Waals surface area contributed by atoms with E-state index in [1.54, 1.807) is 11.9 Å². The molecule has 0 aliphatic carbocycles. The lowest BCUT2D eigenvalue weighted by Crippen LogP contribution is -2.52. The summed E-state index contributed by atoms with van der Waals surface area (Å²) < 4.78 is 26.5. The zero-order valence-corrected chi connectivity index (χ0v) is 7.81. The number of nitrogens with zero attached hydrogens (tertiary/aromatic N) is 1. The molecule has 1 rings (SSSR count). The highest BCUT2D eigenvalue weighted by molar-refractivity contribution is 5.79. The van der Waals surface area contributed by atoms with E-state index in [-0.39, 0.29) is 13.0 Å². The molecule has 1 aliphatic heterocycles. The van der Waals surface area contributed by atoms with E-state index >= 15 is 0 Å². The third kappa shape index (κ3) is 2.15. The quantitative estimate of drug-likeness (QED) is 0.649. The second kappa shape index (κ2) is 3.57. The van der Waals surface area contributed by atoms with Gasteiger partial charge in [-0.1, -0.05) is 0 Å². The fraction of sp³-hybridized carbons (Fsp3) is 0.875. The Balaban J connectivity index is 2.69. The first-order chi connectivity index (χ1) is 5.97. The Morgan fingerprint density at radius 2 is 2.23 bits per heavy atom. The molecule has 0 spiro atoms. The highest BCUT2D eigenvalue weighted by Gasteiger charge is 2.47. The third-order valence-corrected chi connectivity index (χ3v) is 2.35. The van der Waals surface area contributed by atoms with Gasteiger partial charge in [0.2, 0.25) is 5.91 Å². The standard InChI is InChI=1S/C8H14F2N2O/c1-11-7(13)6-3-4-12(2)5-8(6,9)10/h6H,3-5H2,1-2H3,(H,11,13). The maximum Gasteiger partial charge on any atom is 0.272 e. The molecule has 1 atom stereocenters. The lowest BCUT2D eigenvalue weighted by molar-refractivity contribution is -0.149. The van der Waals surface area contributed by atoms with Gasteiger partial charge >= 0.3 is 0 Å². The first kappa shape index (κ1) is 10.4. The summed E-state index contributed by atoms with van der Waals surface area (Å²) in [5.41, 5.74) is 0. The van der Waals surface area contributed by atoms with Gasteiger partial charge in [0, 0.05) is 7.05 Å². The molecule has 0 saturated carbocycles. The van der Waals surface area contributed by atoms with Crippen molar-refractivity contribution in [3.63, 3.8) is 0 Å². The van der Waals surface area contributed by atoms with Crippen molar-refractivity contribution in [2.75, 3.05) is 27.2 Å². The number of nitrogens with one attached hydrogen (secondary N) is 1. The molecule has 3 nitrogen and oxygen atoms in total. The number of alkyl halides is 2. The summed E-state index contributed by atoms with van der Waals surface area (Å²) in [7, 11) is 3.02. The van der Waals surface area contributed by atoms with Crippen molar-refractivity contribution in [2.45, 2.75) is 12.3 Å². The Morgan fingerprint density at radius 3 is 2.69 bits per heavy atom. The minimum Gasteiger partial charge on any atom is -0.359 e. The summed E-state index contributed by atoms with van der Waals surface area (Å²) in [6, 6.07) is 0. The van der Waals surface area contributed by atoms with Crippen LogP contribution in [-0.4, -0.2) is 43.9 Å². The van der Waals surface area contributed by atoms with E-state index in [1.807, 2.05) is 0 Å². The zero-order chi connectivity index (χ0) is 10.1. The maximum atomic E-state index is 13.3. The Bertz CT molecular complexity index is 208. The van der Waals surface area contributed by atoms with E-state index in [0.717, 1.165) is 0 Å². The molecule has 1 aliphatic rings. The Morgan fingerprint density at radius 1 is 1.62 bits per heavy atom. The van der Waals surface area contributed by atoms with Gasteiger partial charge in [0.1, 0.15) is 5.92 Å². The largest absolute Gasteiger partial charge is 0.359 e. The van der Waals surface area contributed by atoms with E-state index in [4.69, 9.17) is 0 Å². The number of piperidine rings is 1. The van der Waals surface area contributed by atoms with Crippen molar-refractivity contribution < 1.29 is 13.6 Å². The van der Waals surface area contributed by atoms with E-state index in [1.165, 1.54) is 7.05 Å². The molecule has 0 aromatic rings. The maximum absolute atomic E-state index is 13.3. The molecular weight excluding hydrogens is 178 g/mol. The van der Waals surface area contributed by atoms with Gasteiger partial charge < -0.3 is 10.2 Å². The molecule has 0 aromatic carbocycles. The van der Waals surface area contributed by atoms with Crippen LogP contribution in [0.25, 0.3) is 0 Å². The summed E-state index contributed by atoms with van der Waals surface area (Å²) in [4.78, 5) is 12.6. The molecule has 13 heavy (non-hydrogen) atoms. The van der Waals surface area contributed by atoms with Gasteiger partial charge in [-0.3, -0.25) is 4.79 Å². The molecule has 1 unspecified atom stereocenters. The van der Waals surface area contributed by atoms with Crippen LogP contribution in [0.4, 0.5) is 8.78 Å². The van der Waals surface area contributed by atoms with Crippen LogP contribution in [0.2, 0.25) is 0 Å². The summed E-state index contributed by atoms with van der Waals surface area (Å²) in [5.74, 6) is -4.61. The molecule has 1 N–H and O–H groups in total. The minimum atomic E-state index is -2.90. The van der Waals surface area contributed by atoms with Crippen LogP contribution in [0.5, 0.6) is 0 Å². The fourth-order valence-corrected chi connectivity index (χ4v) is 1.61. The number of halogens is 2. The average molecular weight is 192 g/mol. The van der Waals surface area contributed by atoms with Gasteiger partial charge in [0.05, 0.1) is 6.54 Å². The summed E-state index contributed by atoms with van der Waals surface area (Å²) >= 11 is 0. The first-order valence-corrected chi connectivity index (χ1v) is 4.25. The van der Waals surface area contributed by atoms with Gasteiger partial charge in [-0.05, 0) is 20.0 Å². The number of hydrogen-bond donors (Lipinski definition) is 1. The van der Waals surface area contributed by atoms with Crippen LogP contribution in [0, 0.1) is 5.92 Å². The number of likely N-dealkylation sites (tertiary alicyclic amines) is 1. The SMILES string of the molecule is CNC(=O)C1CCN(C)CC1(F)F. The van der Waals surface area contributed by atoms with Crippen molar-refractivity contribution in [3.8, 4) is 0 Å². The lowest BCUT2D eigenvalue weighted by Gasteiger charge is -2.35. The number of rotatable bonds is 1. The normalized spacial score (nSPS) is 28.5. The fourth-order valence-electron chi connectivity index (χ4n) is 1.61. The average Bonchev–Trinajstić information content (AvgIpc) is 2.01. The van der Waals surface area contributed by atoms with Crippen LogP contribution in [0.3, 0.4) is 0 Å². The molecule has 0 bridgehead atoms. The number of carbonyl (C=O) groups excluding carboxylic acids is 1. The van der Waals surface area contributed by atoms with Gasteiger partial charge in [-0.2, -0.15) is 0 Å². The van der Waals surface area contributed by atoms with Crippen LogP contribution >= 0.6 is 0 Å². The highest BCUT2D eigenvalue weighted by Crippen LogP contribution is 2.32. The van der Waals surface area contributed by atoms with Crippen molar-refractivity contribution in [3.05, 3.63) is 0 Å². The molecular formula is C8H14F2N2O. The Labute approximate surface area is 76.1 Å². The van der Waals surface area contributed by atoms with Crippen LogP contribution < -0.4 is 5.32 Å². The predicted molar refractivity (Wildman–Crippen MR) is 44.6 cm³/mol. The van der Waals surface area contributed by atoms with E-state index in [0.29, 0.717) is 6.54 Å². The van der Waals surface area contributed by atoms with Gasteiger partial charge in [0.15, 0.2) is 0 Å². The van der Waals surface area contributed by atoms with Gasteiger partial charge in [-0.15, -0.1) is 0 Å². The highest BCUT2D eigenvalue weighted by atomic mass is 19.3. The van der Waals surface area contributed by atoms with Gasteiger partial charge in [-0.25, -0.2) is 8.78 Å². The van der Waals surface area contributed by atoms with E-state index < -0.39 is 17.7 Å². The third-order valence-electron chi connectivity index (χ3n) is 2.35. The minimum absolute atomic E-state index is 0.225. The van der Waals surface area contributed by atoms with Crippen molar-refractivity contribution in [1.29, 1.82) is 0 Å². The Hall–Kier alpha value is -0.710. The lowest BCUT2D eigenvalue weighted by atomic mass is 9.92. The smallest absolute Gasteiger partial charge is 0.272 e. The topological polar surface area (TPSA) is 32.3 Å². The summed E-state index contributed by atoms with van der Waals surface area (Å²) in [5, 5.41) is 2.27. The number of amides is 1. The molecule has 1 saturated heterocycles. The second-order valence-electron chi connectivity index (χ2n) is 3.45.